The molecule has 0 spiro atoms. The van der Waals surface area contributed by atoms with Crippen molar-refractivity contribution in [2.24, 2.45) is 0 Å². The first-order valence-electron chi connectivity index (χ1n) is 5.37. The fourth-order valence-corrected chi connectivity index (χ4v) is 1.77. The molecule has 0 amide bonds. The Morgan fingerprint density at radius 1 is 1.26 bits per heavy atom. The van der Waals surface area contributed by atoms with Gasteiger partial charge in [0.05, 0.1) is 5.52 Å². The van der Waals surface area contributed by atoms with Crippen LogP contribution in [0.2, 0.25) is 0 Å². The van der Waals surface area contributed by atoms with Crippen molar-refractivity contribution in [3.05, 3.63) is 47.9 Å². The van der Waals surface area contributed by atoms with Crippen LogP contribution in [0.25, 0.3) is 16.9 Å². The molecule has 1 aromatic carbocycles. The summed E-state index contributed by atoms with van der Waals surface area (Å²) in [5, 5.41) is 16.6. The minimum absolute atomic E-state index is 0.186. The van der Waals surface area contributed by atoms with Gasteiger partial charge in [-0.05, 0) is 18.2 Å². The van der Waals surface area contributed by atoms with Gasteiger partial charge in [0.15, 0.2) is 11.6 Å². The molecule has 3 aromatic rings. The minimum Gasteiger partial charge on any atom is -0.478 e. The molecule has 0 aliphatic heterocycles. The average Bonchev–Trinajstić information content (AvgIpc) is 2.82. The number of pyridine rings is 1. The van der Waals surface area contributed by atoms with E-state index < -0.39 is 17.3 Å². The molecule has 0 unspecified atom stereocenters. The van der Waals surface area contributed by atoms with Gasteiger partial charge in [-0.3, -0.25) is 0 Å². The summed E-state index contributed by atoms with van der Waals surface area (Å²) in [5.41, 5.74) is 0.672. The molecular formula is C12H7FN4O2. The molecule has 1 N–H and O–H groups in total. The van der Waals surface area contributed by atoms with Gasteiger partial charge in [0.2, 0.25) is 0 Å². The van der Waals surface area contributed by atoms with Gasteiger partial charge < -0.3 is 5.11 Å². The van der Waals surface area contributed by atoms with E-state index in [-0.39, 0.29) is 5.82 Å². The lowest BCUT2D eigenvalue weighted by Gasteiger charge is -2.04. The largest absolute Gasteiger partial charge is 0.478 e. The van der Waals surface area contributed by atoms with Crippen molar-refractivity contribution >= 4 is 17.0 Å². The van der Waals surface area contributed by atoms with Crippen LogP contribution in [0, 0.1) is 5.82 Å². The summed E-state index contributed by atoms with van der Waals surface area (Å²) in [6.45, 7) is 0. The monoisotopic (exact) mass is 258 g/mol. The van der Waals surface area contributed by atoms with E-state index in [1.165, 1.54) is 10.9 Å². The van der Waals surface area contributed by atoms with Gasteiger partial charge in [-0.1, -0.05) is 17.3 Å². The van der Waals surface area contributed by atoms with Crippen molar-refractivity contribution in [2.75, 3.05) is 0 Å². The third-order valence-corrected chi connectivity index (χ3v) is 2.65. The highest BCUT2D eigenvalue weighted by Gasteiger charge is 2.18. The first-order valence-corrected chi connectivity index (χ1v) is 5.37. The molecule has 0 aliphatic carbocycles. The second kappa shape index (κ2) is 4.13. The minimum atomic E-state index is -1.36. The summed E-state index contributed by atoms with van der Waals surface area (Å²) in [6, 6.07) is 8.04. The van der Waals surface area contributed by atoms with Crippen LogP contribution in [0.15, 0.2) is 36.5 Å². The molecule has 0 saturated heterocycles. The van der Waals surface area contributed by atoms with Gasteiger partial charge in [-0.2, -0.15) is 4.68 Å². The van der Waals surface area contributed by atoms with Gasteiger partial charge in [-0.15, -0.1) is 5.10 Å². The smallest absolute Gasteiger partial charge is 0.338 e. The fourth-order valence-electron chi connectivity index (χ4n) is 1.77. The molecular weight excluding hydrogens is 251 g/mol. The molecule has 94 valence electrons. The molecule has 0 radical (unpaired) electrons. The number of aromatic carboxylic acids is 1. The fraction of sp³-hybridized carbons (Fsp3) is 0. The number of carbonyl (C=O) groups is 1. The summed E-state index contributed by atoms with van der Waals surface area (Å²) >= 11 is 0. The number of carboxylic acid groups (broad SMARTS) is 1. The Labute approximate surface area is 106 Å². The Kier molecular flexibility index (Phi) is 2.45. The van der Waals surface area contributed by atoms with E-state index in [0.29, 0.717) is 11.0 Å². The molecule has 2 heterocycles. The molecule has 6 nitrogen and oxygen atoms in total. The van der Waals surface area contributed by atoms with Gasteiger partial charge in [-0.25, -0.2) is 14.2 Å². The third-order valence-electron chi connectivity index (χ3n) is 2.65. The number of hydrogen-bond acceptors (Lipinski definition) is 4. The maximum absolute atomic E-state index is 14.1. The molecule has 7 heteroatoms. The zero-order chi connectivity index (χ0) is 13.4. The van der Waals surface area contributed by atoms with Gasteiger partial charge in [0.1, 0.15) is 11.1 Å². The lowest BCUT2D eigenvalue weighted by atomic mass is 10.2. The molecule has 0 fully saturated rings. The van der Waals surface area contributed by atoms with E-state index in [1.54, 1.807) is 24.3 Å². The van der Waals surface area contributed by atoms with Crippen molar-refractivity contribution in [1.82, 2.24) is 20.0 Å². The Hall–Kier alpha value is -2.83. The number of rotatable bonds is 2. The highest BCUT2D eigenvalue weighted by molar-refractivity contribution is 5.88. The van der Waals surface area contributed by atoms with Crippen LogP contribution in [0.4, 0.5) is 4.39 Å². The number of hydrogen-bond donors (Lipinski definition) is 1. The first-order chi connectivity index (χ1) is 9.18. The lowest BCUT2D eigenvalue weighted by Crippen LogP contribution is -2.09. The van der Waals surface area contributed by atoms with E-state index in [1.807, 2.05) is 0 Å². The van der Waals surface area contributed by atoms with Gasteiger partial charge >= 0.3 is 5.97 Å². The summed E-state index contributed by atoms with van der Waals surface area (Å²) < 4.78 is 15.3. The molecule has 0 bridgehead atoms. The number of aromatic nitrogens is 4. The SMILES string of the molecule is O=C(O)c1ccnc(-n2nnc3ccccc32)c1F. The van der Waals surface area contributed by atoms with Crippen LogP contribution in [0.3, 0.4) is 0 Å². The lowest BCUT2D eigenvalue weighted by molar-refractivity contribution is 0.0691. The van der Waals surface area contributed by atoms with Crippen molar-refractivity contribution in [2.45, 2.75) is 0 Å². The average molecular weight is 258 g/mol. The van der Waals surface area contributed by atoms with Crippen LogP contribution < -0.4 is 0 Å². The molecule has 3 rings (SSSR count). The zero-order valence-corrected chi connectivity index (χ0v) is 9.49. The Morgan fingerprint density at radius 3 is 2.84 bits per heavy atom. The van der Waals surface area contributed by atoms with Crippen LogP contribution in [0.1, 0.15) is 10.4 Å². The summed E-state index contributed by atoms with van der Waals surface area (Å²) in [7, 11) is 0. The van der Waals surface area contributed by atoms with Crippen molar-refractivity contribution in [3.63, 3.8) is 0 Å². The van der Waals surface area contributed by atoms with Crippen molar-refractivity contribution in [3.8, 4) is 5.82 Å². The standard InChI is InChI=1S/C12H7FN4O2/c13-10-7(12(18)19)5-6-14-11(10)17-9-4-2-1-3-8(9)15-16-17/h1-6H,(H,18,19). The molecule has 0 saturated carbocycles. The summed E-state index contributed by atoms with van der Waals surface area (Å²) in [6.07, 6.45) is 1.22. The van der Waals surface area contributed by atoms with Gasteiger partial charge in [0, 0.05) is 6.20 Å². The Balaban J connectivity index is 2.28. The number of para-hydroxylation sites is 1. The quantitative estimate of drug-likeness (QED) is 0.755. The summed E-state index contributed by atoms with van der Waals surface area (Å²) in [4.78, 5) is 14.7. The normalized spacial score (nSPS) is 10.8. The number of carboxylic acids is 1. The van der Waals surface area contributed by atoms with E-state index in [0.717, 1.165) is 6.07 Å². The highest BCUT2D eigenvalue weighted by Crippen LogP contribution is 2.18. The Bertz CT molecular complexity index is 784. The molecule has 19 heavy (non-hydrogen) atoms. The number of benzene rings is 1. The van der Waals surface area contributed by atoms with Crippen molar-refractivity contribution < 1.29 is 14.3 Å². The van der Waals surface area contributed by atoms with Crippen LogP contribution in [0.5, 0.6) is 0 Å². The second-order valence-electron chi connectivity index (χ2n) is 3.79. The predicted molar refractivity (Wildman–Crippen MR) is 63.6 cm³/mol. The van der Waals surface area contributed by atoms with Crippen LogP contribution in [-0.2, 0) is 0 Å². The zero-order valence-electron chi connectivity index (χ0n) is 9.49. The number of nitrogens with zero attached hydrogens (tertiary/aromatic N) is 4. The van der Waals surface area contributed by atoms with E-state index in [2.05, 4.69) is 15.3 Å². The van der Waals surface area contributed by atoms with Gasteiger partial charge in [0.25, 0.3) is 0 Å². The maximum Gasteiger partial charge on any atom is 0.338 e. The van der Waals surface area contributed by atoms with Crippen LogP contribution in [-0.4, -0.2) is 31.1 Å². The van der Waals surface area contributed by atoms with E-state index >= 15 is 0 Å². The first kappa shape index (κ1) is 11.3. The summed E-state index contributed by atoms with van der Waals surface area (Å²) in [5.74, 6) is -2.48. The maximum atomic E-state index is 14.1. The molecule has 2 aromatic heterocycles. The van der Waals surface area contributed by atoms with Crippen LogP contribution >= 0.6 is 0 Å². The topological polar surface area (TPSA) is 80.9 Å². The third kappa shape index (κ3) is 1.71. The molecule has 0 atom stereocenters. The number of halogens is 1. The van der Waals surface area contributed by atoms with E-state index in [9.17, 15) is 9.18 Å². The predicted octanol–water partition coefficient (Wildman–Crippen LogP) is 1.65. The highest BCUT2D eigenvalue weighted by atomic mass is 19.1. The number of fused-ring (bicyclic) bond motifs is 1. The molecule has 0 aliphatic rings. The van der Waals surface area contributed by atoms with Crippen molar-refractivity contribution in [1.29, 1.82) is 0 Å². The van der Waals surface area contributed by atoms with E-state index in [4.69, 9.17) is 5.11 Å². The Morgan fingerprint density at radius 2 is 2.05 bits per heavy atom. The second-order valence-corrected chi connectivity index (χ2v) is 3.79.